The molecule has 0 aliphatic carbocycles. The van der Waals surface area contributed by atoms with E-state index in [9.17, 15) is 8.42 Å². The molecule has 146 valence electrons. The third-order valence-electron chi connectivity index (χ3n) is 4.92. The zero-order valence-corrected chi connectivity index (χ0v) is 16.3. The van der Waals surface area contributed by atoms with E-state index in [-0.39, 0.29) is 16.0 Å². The highest BCUT2D eigenvalue weighted by Crippen LogP contribution is 2.32. The van der Waals surface area contributed by atoms with Crippen LogP contribution in [0.25, 0.3) is 22.1 Å². The van der Waals surface area contributed by atoms with Crippen LogP contribution < -0.4 is 11.5 Å². The molecule has 0 saturated carbocycles. The molecule has 0 aliphatic heterocycles. The van der Waals surface area contributed by atoms with Gasteiger partial charge in [-0.1, -0.05) is 18.2 Å². The fourth-order valence-corrected chi connectivity index (χ4v) is 4.93. The van der Waals surface area contributed by atoms with Crippen molar-refractivity contribution < 1.29 is 8.42 Å². The number of aryl methyl sites for hydroxylation is 2. The monoisotopic (exact) mass is 398 g/mol. The van der Waals surface area contributed by atoms with Gasteiger partial charge in [-0.25, -0.2) is 18.4 Å². The second kappa shape index (κ2) is 7.01. The number of benzene rings is 1. The SMILES string of the molecule is Cc1ccccc1S(=O)(=O)c1nc2[nH]ccc2c2c1ncn2CCC(N)CN. The fourth-order valence-electron chi connectivity index (χ4n) is 3.36. The molecule has 1 atom stereocenters. The van der Waals surface area contributed by atoms with Gasteiger partial charge in [0, 0.05) is 30.7 Å². The number of pyridine rings is 1. The summed E-state index contributed by atoms with van der Waals surface area (Å²) in [6, 6.07) is 8.61. The van der Waals surface area contributed by atoms with Gasteiger partial charge in [0.15, 0.2) is 5.03 Å². The molecule has 4 rings (SSSR count). The molecule has 0 amide bonds. The summed E-state index contributed by atoms with van der Waals surface area (Å²) in [5, 5.41) is 0.770. The number of H-pyrrole nitrogens is 1. The second-order valence-corrected chi connectivity index (χ2v) is 8.68. The number of nitrogens with zero attached hydrogens (tertiary/aromatic N) is 3. The van der Waals surface area contributed by atoms with Crippen LogP contribution in [0.2, 0.25) is 0 Å². The average molecular weight is 398 g/mol. The molecule has 3 aromatic heterocycles. The molecule has 0 saturated heterocycles. The Morgan fingerprint density at radius 3 is 2.79 bits per heavy atom. The van der Waals surface area contributed by atoms with E-state index in [1.165, 1.54) is 0 Å². The van der Waals surface area contributed by atoms with E-state index in [2.05, 4.69) is 15.0 Å². The predicted molar refractivity (Wildman–Crippen MR) is 108 cm³/mol. The van der Waals surface area contributed by atoms with Gasteiger partial charge in [-0.3, -0.25) is 0 Å². The number of aromatic nitrogens is 4. The molecule has 5 N–H and O–H groups in total. The van der Waals surface area contributed by atoms with Crippen LogP contribution >= 0.6 is 0 Å². The maximum absolute atomic E-state index is 13.4. The van der Waals surface area contributed by atoms with Crippen molar-refractivity contribution in [3.8, 4) is 0 Å². The molecular formula is C19H22N6O2S. The van der Waals surface area contributed by atoms with Gasteiger partial charge in [0.2, 0.25) is 9.84 Å². The lowest BCUT2D eigenvalue weighted by atomic mass is 10.2. The van der Waals surface area contributed by atoms with Crippen LogP contribution in [0.4, 0.5) is 0 Å². The average Bonchev–Trinajstić information content (AvgIpc) is 3.31. The number of imidazole rings is 1. The maximum Gasteiger partial charge on any atom is 0.226 e. The molecule has 1 aromatic carbocycles. The van der Waals surface area contributed by atoms with Gasteiger partial charge in [0.1, 0.15) is 11.2 Å². The highest BCUT2D eigenvalue weighted by molar-refractivity contribution is 7.91. The minimum absolute atomic E-state index is 0.0476. The van der Waals surface area contributed by atoms with E-state index in [0.29, 0.717) is 36.2 Å². The Morgan fingerprint density at radius 2 is 2.04 bits per heavy atom. The fraction of sp³-hybridized carbons (Fsp3) is 0.263. The van der Waals surface area contributed by atoms with E-state index >= 15 is 0 Å². The van der Waals surface area contributed by atoms with Crippen LogP contribution in [-0.2, 0) is 16.4 Å². The molecule has 0 fully saturated rings. The molecule has 0 aliphatic rings. The zero-order chi connectivity index (χ0) is 19.9. The molecule has 28 heavy (non-hydrogen) atoms. The molecule has 1 unspecified atom stereocenters. The molecule has 4 aromatic rings. The number of nitrogens with two attached hydrogens (primary N) is 2. The maximum atomic E-state index is 13.4. The topological polar surface area (TPSA) is 133 Å². The van der Waals surface area contributed by atoms with Crippen molar-refractivity contribution in [3.05, 3.63) is 48.4 Å². The summed E-state index contributed by atoms with van der Waals surface area (Å²) in [7, 11) is -3.84. The number of sulfone groups is 1. The third-order valence-corrected chi connectivity index (χ3v) is 6.75. The largest absolute Gasteiger partial charge is 0.346 e. The van der Waals surface area contributed by atoms with E-state index in [1.807, 2.05) is 10.6 Å². The summed E-state index contributed by atoms with van der Waals surface area (Å²) in [5.74, 6) is 0. The van der Waals surface area contributed by atoms with Crippen LogP contribution in [0.15, 0.2) is 52.8 Å². The van der Waals surface area contributed by atoms with Gasteiger partial charge in [-0.15, -0.1) is 0 Å². The molecule has 0 spiro atoms. The van der Waals surface area contributed by atoms with E-state index in [0.717, 1.165) is 10.9 Å². The number of hydrogen-bond donors (Lipinski definition) is 3. The standard InChI is InChI=1S/C19H22N6O2S/c1-12-4-2-3-5-15(12)28(26,27)19-16-17(14-6-8-22-18(14)24-19)25(11-23-16)9-7-13(21)10-20/h2-6,8,11,13H,7,9-10,20-21H2,1H3,(H,22,24). The summed E-state index contributed by atoms with van der Waals surface area (Å²) in [6.07, 6.45) is 4.04. The minimum Gasteiger partial charge on any atom is -0.346 e. The van der Waals surface area contributed by atoms with Gasteiger partial charge in [-0.2, -0.15) is 0 Å². The molecular weight excluding hydrogens is 376 g/mol. The Balaban J connectivity index is 1.95. The van der Waals surface area contributed by atoms with Gasteiger partial charge in [0.25, 0.3) is 0 Å². The second-order valence-electron chi connectivity index (χ2n) is 6.85. The van der Waals surface area contributed by atoms with Gasteiger partial charge >= 0.3 is 0 Å². The lowest BCUT2D eigenvalue weighted by molar-refractivity contribution is 0.555. The highest BCUT2D eigenvalue weighted by atomic mass is 32.2. The van der Waals surface area contributed by atoms with Crippen LogP contribution in [0.5, 0.6) is 0 Å². The first-order chi connectivity index (χ1) is 13.4. The van der Waals surface area contributed by atoms with Crippen molar-refractivity contribution in [3.63, 3.8) is 0 Å². The minimum atomic E-state index is -3.84. The van der Waals surface area contributed by atoms with Crippen LogP contribution in [0.1, 0.15) is 12.0 Å². The first-order valence-corrected chi connectivity index (χ1v) is 10.5. The Bertz CT molecular complexity index is 1260. The summed E-state index contributed by atoms with van der Waals surface area (Å²) in [4.78, 5) is 12.1. The molecule has 3 heterocycles. The predicted octanol–water partition coefficient (Wildman–Crippen LogP) is 1.73. The summed E-state index contributed by atoms with van der Waals surface area (Å²) in [5.41, 5.74) is 13.8. The quantitative estimate of drug-likeness (QED) is 0.453. The van der Waals surface area contributed by atoms with Gasteiger partial charge in [0.05, 0.1) is 16.7 Å². The van der Waals surface area contributed by atoms with Gasteiger partial charge in [-0.05, 0) is 31.0 Å². The van der Waals surface area contributed by atoms with E-state index < -0.39 is 9.84 Å². The Labute approximate surface area is 162 Å². The van der Waals surface area contributed by atoms with Gasteiger partial charge < -0.3 is 21.0 Å². The van der Waals surface area contributed by atoms with Crippen molar-refractivity contribution in [1.82, 2.24) is 19.5 Å². The van der Waals surface area contributed by atoms with Crippen molar-refractivity contribution in [1.29, 1.82) is 0 Å². The lowest BCUT2D eigenvalue weighted by Crippen LogP contribution is -2.30. The third kappa shape index (κ3) is 2.97. The normalized spacial score (nSPS) is 13.4. The molecule has 8 nitrogen and oxygen atoms in total. The summed E-state index contributed by atoms with van der Waals surface area (Å²) in [6.45, 7) is 2.74. The van der Waals surface area contributed by atoms with Crippen molar-refractivity contribution in [2.75, 3.05) is 6.54 Å². The van der Waals surface area contributed by atoms with Crippen molar-refractivity contribution in [2.45, 2.75) is 35.9 Å². The van der Waals surface area contributed by atoms with E-state index in [1.54, 1.807) is 43.7 Å². The number of nitrogens with one attached hydrogen (secondary N) is 1. The Morgan fingerprint density at radius 1 is 1.25 bits per heavy atom. The highest BCUT2D eigenvalue weighted by Gasteiger charge is 2.27. The summed E-state index contributed by atoms with van der Waals surface area (Å²) < 4.78 is 28.7. The zero-order valence-electron chi connectivity index (χ0n) is 15.5. The summed E-state index contributed by atoms with van der Waals surface area (Å²) >= 11 is 0. The molecule has 0 bridgehead atoms. The molecule has 9 heteroatoms. The Hall–Kier alpha value is -2.75. The number of rotatable bonds is 6. The Kier molecular flexibility index (Phi) is 4.66. The van der Waals surface area contributed by atoms with Crippen LogP contribution in [-0.4, -0.2) is 40.5 Å². The number of hydrogen-bond acceptors (Lipinski definition) is 6. The number of fused-ring (bicyclic) bond motifs is 3. The number of aromatic amines is 1. The van der Waals surface area contributed by atoms with Crippen LogP contribution in [0, 0.1) is 6.92 Å². The lowest BCUT2D eigenvalue weighted by Gasteiger charge is -2.11. The molecule has 0 radical (unpaired) electrons. The van der Waals surface area contributed by atoms with Crippen molar-refractivity contribution >= 4 is 31.9 Å². The van der Waals surface area contributed by atoms with E-state index in [4.69, 9.17) is 11.5 Å². The smallest absolute Gasteiger partial charge is 0.226 e. The van der Waals surface area contributed by atoms with Crippen LogP contribution in [0.3, 0.4) is 0 Å². The first-order valence-electron chi connectivity index (χ1n) is 9.01. The first kappa shape index (κ1) is 18.6. The van der Waals surface area contributed by atoms with Crippen molar-refractivity contribution in [2.24, 2.45) is 11.5 Å².